The molecule has 0 saturated carbocycles. The van der Waals surface area contributed by atoms with Crippen LogP contribution in [0.3, 0.4) is 0 Å². The van der Waals surface area contributed by atoms with E-state index in [9.17, 15) is 9.90 Å². The predicted molar refractivity (Wildman–Crippen MR) is 88.0 cm³/mol. The first-order chi connectivity index (χ1) is 11.9. The number of ether oxygens (including phenoxy) is 2. The second-order valence-electron chi connectivity index (χ2n) is 5.65. The quantitative estimate of drug-likeness (QED) is 0.381. The number of aromatic nitrogens is 4. The molecule has 0 bridgehead atoms. The largest absolute Gasteiger partial charge is 1.00 e. The van der Waals surface area contributed by atoms with Gasteiger partial charge in [-0.1, -0.05) is 0 Å². The van der Waals surface area contributed by atoms with Crippen molar-refractivity contribution < 1.29 is 48.9 Å². The number of rotatable bonds is 5. The van der Waals surface area contributed by atoms with E-state index in [1.54, 1.807) is 11.6 Å². The molecule has 0 N–H and O–H groups in total. The molecule has 3 aromatic rings. The second kappa shape index (κ2) is 8.13. The summed E-state index contributed by atoms with van der Waals surface area (Å²) in [5.41, 5.74) is 2.56. The number of aryl methyl sites for hydroxylation is 3. The Morgan fingerprint density at radius 3 is 2.69 bits per heavy atom. The summed E-state index contributed by atoms with van der Waals surface area (Å²) >= 11 is 0. The van der Waals surface area contributed by atoms with Crippen LogP contribution in [0.5, 0.6) is 5.75 Å². The molecule has 2 aromatic heterocycles. The molecule has 0 aliphatic rings. The third kappa shape index (κ3) is 3.73. The van der Waals surface area contributed by atoms with Gasteiger partial charge in [-0.25, -0.2) is 9.97 Å². The predicted octanol–water partition coefficient (Wildman–Crippen LogP) is -2.00. The number of nitrogens with zero attached hydrogens (tertiary/aromatic N) is 4. The maximum atomic E-state index is 11.1. The Labute approximate surface area is 172 Å². The summed E-state index contributed by atoms with van der Waals surface area (Å²) < 4.78 is 12.4. The van der Waals surface area contributed by atoms with Gasteiger partial charge in [-0.2, -0.15) is 5.10 Å². The van der Waals surface area contributed by atoms with E-state index < -0.39 is 5.97 Å². The van der Waals surface area contributed by atoms with Gasteiger partial charge < -0.3 is 19.4 Å². The van der Waals surface area contributed by atoms with Crippen LogP contribution in [0.2, 0.25) is 0 Å². The van der Waals surface area contributed by atoms with Crippen LogP contribution in [0.1, 0.15) is 21.6 Å². The van der Waals surface area contributed by atoms with Crippen LogP contribution >= 0.6 is 0 Å². The van der Waals surface area contributed by atoms with Crippen molar-refractivity contribution in [1.29, 1.82) is 0 Å². The number of carboxylic acids is 1. The van der Waals surface area contributed by atoms with E-state index in [2.05, 4.69) is 15.1 Å². The van der Waals surface area contributed by atoms with E-state index in [1.165, 1.54) is 13.3 Å². The van der Waals surface area contributed by atoms with Gasteiger partial charge in [0.25, 0.3) is 0 Å². The number of aromatic carboxylic acids is 1. The van der Waals surface area contributed by atoms with Crippen LogP contribution < -0.4 is 39.4 Å². The van der Waals surface area contributed by atoms with Crippen LogP contribution in [0, 0.1) is 13.8 Å². The summed E-state index contributed by atoms with van der Waals surface area (Å²) in [7, 11) is 3.37. The number of carbonyl (C=O) groups is 1. The fourth-order valence-corrected chi connectivity index (χ4v) is 2.70. The molecule has 0 fully saturated rings. The van der Waals surface area contributed by atoms with Crippen molar-refractivity contribution in [3.05, 3.63) is 35.3 Å². The summed E-state index contributed by atoms with van der Waals surface area (Å²) in [4.78, 5) is 19.5. The Bertz CT molecular complexity index is 971. The van der Waals surface area contributed by atoms with Gasteiger partial charge in [0, 0.05) is 43.1 Å². The number of carboxylic acid groups (broad SMARTS) is 1. The average molecular weight is 364 g/mol. The molecule has 0 saturated heterocycles. The molecule has 0 unspecified atom stereocenters. The fraction of sp³-hybridized carbons (Fsp3) is 0.294. The van der Waals surface area contributed by atoms with Gasteiger partial charge >= 0.3 is 29.6 Å². The smallest absolute Gasteiger partial charge is 0.545 e. The topological polar surface area (TPSA) is 102 Å². The molecule has 0 spiro atoms. The molecule has 0 radical (unpaired) electrons. The van der Waals surface area contributed by atoms with E-state index >= 15 is 0 Å². The van der Waals surface area contributed by atoms with Gasteiger partial charge in [0.1, 0.15) is 5.75 Å². The second-order valence-corrected chi connectivity index (χ2v) is 5.65. The molecular formula is C17H17N4NaO4. The number of carbonyl (C=O) groups excluding carboxylic acids is 1. The first kappa shape index (κ1) is 20.3. The molecule has 0 amide bonds. The molecule has 2 heterocycles. The number of fused-ring (bicyclic) bond motifs is 1. The molecular weight excluding hydrogens is 347 g/mol. The summed E-state index contributed by atoms with van der Waals surface area (Å²) in [6.07, 6.45) is 3.13. The molecule has 26 heavy (non-hydrogen) atoms. The monoisotopic (exact) mass is 364 g/mol. The van der Waals surface area contributed by atoms with Crippen LogP contribution in [-0.2, 0) is 11.8 Å². The Balaban J connectivity index is 0.00000243. The zero-order valence-corrected chi connectivity index (χ0v) is 17.4. The number of hydrogen-bond donors (Lipinski definition) is 0. The Kier molecular flexibility index (Phi) is 6.35. The van der Waals surface area contributed by atoms with Gasteiger partial charge in [0.15, 0.2) is 12.6 Å². The van der Waals surface area contributed by atoms with Crippen molar-refractivity contribution in [3.63, 3.8) is 0 Å². The van der Waals surface area contributed by atoms with Crippen molar-refractivity contribution in [3.8, 4) is 17.1 Å². The minimum absolute atomic E-state index is 0. The van der Waals surface area contributed by atoms with Gasteiger partial charge in [-0.15, -0.1) is 0 Å². The number of hydrogen-bond acceptors (Lipinski definition) is 7. The molecule has 3 rings (SSSR count). The van der Waals surface area contributed by atoms with E-state index in [0.717, 1.165) is 16.5 Å². The van der Waals surface area contributed by atoms with E-state index in [1.807, 2.05) is 26.2 Å². The van der Waals surface area contributed by atoms with Crippen LogP contribution in [0.4, 0.5) is 0 Å². The van der Waals surface area contributed by atoms with Gasteiger partial charge in [0.05, 0.1) is 22.7 Å². The maximum absolute atomic E-state index is 11.1. The molecule has 9 heteroatoms. The average Bonchev–Trinajstić information content (AvgIpc) is 2.94. The number of methoxy groups -OCH3 is 1. The molecule has 8 nitrogen and oxygen atoms in total. The summed E-state index contributed by atoms with van der Waals surface area (Å²) in [6, 6.07) is 1.87. The van der Waals surface area contributed by atoms with E-state index in [-0.39, 0.29) is 41.9 Å². The molecule has 130 valence electrons. The third-order valence-electron chi connectivity index (χ3n) is 3.86. The van der Waals surface area contributed by atoms with Crippen LogP contribution in [-0.4, -0.2) is 39.6 Å². The van der Waals surface area contributed by atoms with Gasteiger partial charge in [0.2, 0.25) is 0 Å². The summed E-state index contributed by atoms with van der Waals surface area (Å²) in [5.74, 6) is -0.394. The maximum Gasteiger partial charge on any atom is 1.00 e. The first-order valence-electron chi connectivity index (χ1n) is 7.56. The van der Waals surface area contributed by atoms with Crippen LogP contribution in [0.15, 0.2) is 18.5 Å². The Morgan fingerprint density at radius 2 is 2.08 bits per heavy atom. The molecule has 0 aliphatic carbocycles. The molecule has 0 aliphatic heterocycles. The van der Waals surface area contributed by atoms with E-state index in [4.69, 9.17) is 9.47 Å². The minimum Gasteiger partial charge on any atom is -0.545 e. The molecule has 0 atom stereocenters. The standard InChI is InChI=1S/C17H18N4O4.Na/c1-9-14-11(7-21(3)20-14)5-12(15(9)25-8-24-4)16-18-6-13(17(22)23)10(2)19-16;/h5-7H,8H2,1-4H3,(H,22,23);/q;+1/p-1. The fourth-order valence-electron chi connectivity index (χ4n) is 2.70. The summed E-state index contributed by atoms with van der Waals surface area (Å²) in [5, 5.41) is 16.4. The normalized spacial score (nSPS) is 10.6. The molecule has 1 aromatic carbocycles. The third-order valence-corrected chi connectivity index (χ3v) is 3.86. The van der Waals surface area contributed by atoms with Gasteiger partial charge in [-0.05, 0) is 19.9 Å². The van der Waals surface area contributed by atoms with Crippen molar-refractivity contribution >= 4 is 16.9 Å². The summed E-state index contributed by atoms with van der Waals surface area (Å²) in [6.45, 7) is 3.55. The van der Waals surface area contributed by atoms with Crippen molar-refractivity contribution in [2.24, 2.45) is 7.05 Å². The minimum atomic E-state index is -1.31. The van der Waals surface area contributed by atoms with Crippen LogP contribution in [0.25, 0.3) is 22.3 Å². The Hall–Kier alpha value is -2.00. The first-order valence-corrected chi connectivity index (χ1v) is 7.56. The van der Waals surface area contributed by atoms with Crippen molar-refractivity contribution in [2.75, 3.05) is 13.9 Å². The SMILES string of the molecule is COCOc1c(-c2ncc(C(=O)[O-])c(C)n2)cc2cn(C)nc2c1C.[Na+]. The zero-order valence-electron chi connectivity index (χ0n) is 15.4. The van der Waals surface area contributed by atoms with Crippen molar-refractivity contribution in [2.45, 2.75) is 13.8 Å². The van der Waals surface area contributed by atoms with E-state index in [0.29, 0.717) is 22.8 Å². The van der Waals surface area contributed by atoms with Crippen molar-refractivity contribution in [1.82, 2.24) is 19.7 Å². The number of benzene rings is 1. The Morgan fingerprint density at radius 1 is 1.35 bits per heavy atom. The van der Waals surface area contributed by atoms with Gasteiger partial charge in [-0.3, -0.25) is 4.68 Å². The zero-order chi connectivity index (χ0) is 18.1.